The molecule has 0 saturated carbocycles. The highest BCUT2D eigenvalue weighted by Crippen LogP contribution is 2.31. The second-order valence-electron chi connectivity index (χ2n) is 11.5. The van der Waals surface area contributed by atoms with Crippen LogP contribution in [0.3, 0.4) is 0 Å². The molecule has 13 heteroatoms. The standard InChI is InChI=1S/C31H37N9O4/c41-28(38-13-11-32-12-14-38)22-3-7-24(8-4-22)34-31(42)33-23-5-1-21(2-6-23)27-35-29(39-15-17-43-18-16-39)37-30(36-27)40-19-26-10-9-25(40)20-44-26/h1-8,25-26,32H,9-20H2,(H2,33,34,42). The number of nitrogens with one attached hydrogen (secondary N) is 3. The number of hydrogen-bond donors (Lipinski definition) is 3. The number of piperidine rings is 1. The number of rotatable bonds is 6. The number of carbonyl (C=O) groups is 2. The highest BCUT2D eigenvalue weighted by molar-refractivity contribution is 6.00. The maximum absolute atomic E-state index is 12.7. The SMILES string of the molecule is O=C(Nc1ccc(C(=O)N2CCNCC2)cc1)Nc1ccc(-c2nc(N3CCOCC3)nc(N3CC4CCC3CO4)n2)cc1. The number of morpholine rings is 2. The van der Waals surface area contributed by atoms with Gasteiger partial charge in [-0.25, -0.2) is 4.79 Å². The summed E-state index contributed by atoms with van der Waals surface area (Å²) in [5, 5.41) is 8.96. The Morgan fingerprint density at radius 2 is 1.50 bits per heavy atom. The molecule has 13 nitrogen and oxygen atoms in total. The topological polar surface area (TPSA) is 137 Å². The van der Waals surface area contributed by atoms with Crippen LogP contribution in [0.4, 0.5) is 28.1 Å². The van der Waals surface area contributed by atoms with Gasteiger partial charge in [0.25, 0.3) is 5.91 Å². The van der Waals surface area contributed by atoms with Crippen LogP contribution >= 0.6 is 0 Å². The average Bonchev–Trinajstić information content (AvgIpc) is 3.09. The first-order chi connectivity index (χ1) is 21.6. The van der Waals surface area contributed by atoms with Crippen LogP contribution in [0.25, 0.3) is 11.4 Å². The van der Waals surface area contributed by atoms with Gasteiger partial charge >= 0.3 is 6.03 Å². The van der Waals surface area contributed by atoms with Crippen molar-refractivity contribution in [1.29, 1.82) is 0 Å². The lowest BCUT2D eigenvalue weighted by Crippen LogP contribution is -2.55. The lowest BCUT2D eigenvalue weighted by Gasteiger charge is -2.45. The number of aromatic nitrogens is 3. The number of fused-ring (bicyclic) bond motifs is 3. The molecule has 3 amide bonds. The van der Waals surface area contributed by atoms with Crippen molar-refractivity contribution in [2.75, 3.05) is 86.1 Å². The molecule has 2 bridgehead atoms. The Hall–Kier alpha value is -4.33. The van der Waals surface area contributed by atoms with Crippen LogP contribution in [0.5, 0.6) is 0 Å². The molecule has 5 aliphatic heterocycles. The maximum atomic E-state index is 12.7. The fourth-order valence-corrected chi connectivity index (χ4v) is 6.05. The quantitative estimate of drug-likeness (QED) is 0.388. The van der Waals surface area contributed by atoms with E-state index in [1.54, 1.807) is 24.3 Å². The van der Waals surface area contributed by atoms with E-state index < -0.39 is 0 Å². The molecule has 1 aromatic heterocycles. The number of benzene rings is 2. The third-order valence-electron chi connectivity index (χ3n) is 8.54. The van der Waals surface area contributed by atoms with Gasteiger partial charge in [-0.1, -0.05) is 0 Å². The van der Waals surface area contributed by atoms with Crippen LogP contribution in [0.1, 0.15) is 23.2 Å². The lowest BCUT2D eigenvalue weighted by atomic mass is 9.97. The molecule has 44 heavy (non-hydrogen) atoms. The van der Waals surface area contributed by atoms with E-state index in [1.807, 2.05) is 29.2 Å². The summed E-state index contributed by atoms with van der Waals surface area (Å²) in [7, 11) is 0. The van der Waals surface area contributed by atoms with E-state index >= 15 is 0 Å². The summed E-state index contributed by atoms with van der Waals surface area (Å²) in [5.41, 5.74) is 2.66. The Kier molecular flexibility index (Phi) is 8.22. The van der Waals surface area contributed by atoms with Crippen molar-refractivity contribution in [3.05, 3.63) is 54.1 Å². The highest BCUT2D eigenvalue weighted by Gasteiger charge is 2.36. The molecule has 5 fully saturated rings. The van der Waals surface area contributed by atoms with E-state index in [0.717, 1.165) is 51.1 Å². The van der Waals surface area contributed by atoms with Crippen LogP contribution < -0.4 is 25.8 Å². The largest absolute Gasteiger partial charge is 0.378 e. The Morgan fingerprint density at radius 3 is 2.14 bits per heavy atom. The van der Waals surface area contributed by atoms with Gasteiger partial charge < -0.3 is 40.1 Å². The second-order valence-corrected chi connectivity index (χ2v) is 11.5. The van der Waals surface area contributed by atoms with Gasteiger partial charge in [-0.2, -0.15) is 15.0 Å². The molecule has 2 aromatic carbocycles. The van der Waals surface area contributed by atoms with Gasteiger partial charge in [0.05, 0.1) is 32.0 Å². The van der Waals surface area contributed by atoms with Gasteiger partial charge in [0.2, 0.25) is 11.9 Å². The molecule has 8 rings (SSSR count). The third-order valence-corrected chi connectivity index (χ3v) is 8.54. The number of piperazine rings is 1. The van der Waals surface area contributed by atoms with Gasteiger partial charge in [0.1, 0.15) is 0 Å². The zero-order valence-electron chi connectivity index (χ0n) is 24.6. The van der Waals surface area contributed by atoms with Crippen LogP contribution in [0, 0.1) is 0 Å². The normalized spacial score (nSPS) is 21.7. The molecule has 2 unspecified atom stereocenters. The molecule has 0 aliphatic carbocycles. The molecule has 230 valence electrons. The Bertz CT molecular complexity index is 1470. The first-order valence-corrected chi connectivity index (χ1v) is 15.3. The Balaban J connectivity index is 1.03. The minimum absolute atomic E-state index is 0.00197. The van der Waals surface area contributed by atoms with E-state index in [9.17, 15) is 9.59 Å². The fraction of sp³-hybridized carbons (Fsp3) is 0.452. The third kappa shape index (κ3) is 6.30. The van der Waals surface area contributed by atoms with Crippen LogP contribution in [0.2, 0.25) is 0 Å². The summed E-state index contributed by atoms with van der Waals surface area (Å²) < 4.78 is 11.5. The summed E-state index contributed by atoms with van der Waals surface area (Å²) in [4.78, 5) is 46.3. The van der Waals surface area contributed by atoms with Crippen molar-refractivity contribution in [3.63, 3.8) is 0 Å². The monoisotopic (exact) mass is 599 g/mol. The molecule has 0 radical (unpaired) electrons. The minimum Gasteiger partial charge on any atom is -0.378 e. The molecule has 2 atom stereocenters. The van der Waals surface area contributed by atoms with Gasteiger partial charge in [0.15, 0.2) is 5.82 Å². The van der Waals surface area contributed by atoms with Crippen LogP contribution in [-0.2, 0) is 9.47 Å². The van der Waals surface area contributed by atoms with Crippen LogP contribution in [0.15, 0.2) is 48.5 Å². The van der Waals surface area contributed by atoms with E-state index in [2.05, 4.69) is 25.8 Å². The van der Waals surface area contributed by atoms with E-state index in [-0.39, 0.29) is 24.1 Å². The van der Waals surface area contributed by atoms with Crippen molar-refractivity contribution < 1.29 is 19.1 Å². The van der Waals surface area contributed by atoms with Crippen molar-refractivity contribution in [2.45, 2.75) is 25.0 Å². The first-order valence-electron chi connectivity index (χ1n) is 15.3. The van der Waals surface area contributed by atoms with Gasteiger partial charge in [-0.15, -0.1) is 0 Å². The predicted molar refractivity (Wildman–Crippen MR) is 166 cm³/mol. The first kappa shape index (κ1) is 28.4. The van der Waals surface area contributed by atoms with E-state index in [4.69, 9.17) is 24.4 Å². The lowest BCUT2D eigenvalue weighted by molar-refractivity contribution is -0.0232. The predicted octanol–water partition coefficient (Wildman–Crippen LogP) is 2.43. The van der Waals surface area contributed by atoms with Gasteiger partial charge in [-0.05, 0) is 61.4 Å². The summed E-state index contributed by atoms with van der Waals surface area (Å²) in [6, 6.07) is 14.3. The summed E-state index contributed by atoms with van der Waals surface area (Å²) in [6.45, 7) is 7.19. The fourth-order valence-electron chi connectivity index (χ4n) is 6.05. The van der Waals surface area contributed by atoms with E-state index in [1.165, 1.54) is 0 Å². The summed E-state index contributed by atoms with van der Waals surface area (Å²) in [6.07, 6.45) is 2.35. The average molecular weight is 600 g/mol. The molecule has 5 aliphatic rings. The number of hydrogen-bond acceptors (Lipinski definition) is 10. The molecular weight excluding hydrogens is 562 g/mol. The van der Waals surface area contributed by atoms with Crippen molar-refractivity contribution >= 4 is 35.2 Å². The van der Waals surface area contributed by atoms with Crippen molar-refractivity contribution in [1.82, 2.24) is 25.2 Å². The van der Waals surface area contributed by atoms with Gasteiger partial charge in [0, 0.05) is 68.3 Å². The number of amides is 3. The Labute approximate surface area is 255 Å². The molecule has 3 aromatic rings. The number of anilines is 4. The van der Waals surface area contributed by atoms with E-state index in [0.29, 0.717) is 67.6 Å². The smallest absolute Gasteiger partial charge is 0.323 e. The van der Waals surface area contributed by atoms with Crippen LogP contribution in [-0.4, -0.2) is 110 Å². The molecule has 5 saturated heterocycles. The number of urea groups is 1. The zero-order chi connectivity index (χ0) is 29.9. The number of ether oxygens (including phenoxy) is 2. The number of carbonyl (C=O) groups excluding carboxylic acids is 2. The zero-order valence-corrected chi connectivity index (χ0v) is 24.6. The molecular formula is C31H37N9O4. The molecule has 6 heterocycles. The second kappa shape index (κ2) is 12.7. The van der Waals surface area contributed by atoms with Crippen molar-refractivity contribution in [3.8, 4) is 11.4 Å². The molecule has 3 N–H and O–H groups in total. The minimum atomic E-state index is -0.377. The van der Waals surface area contributed by atoms with Crippen molar-refractivity contribution in [2.24, 2.45) is 0 Å². The summed E-state index contributed by atoms with van der Waals surface area (Å²) >= 11 is 0. The Morgan fingerprint density at radius 1 is 0.818 bits per heavy atom. The highest BCUT2D eigenvalue weighted by atomic mass is 16.5. The van der Waals surface area contributed by atoms with Gasteiger partial charge in [-0.3, -0.25) is 4.79 Å². The molecule has 0 spiro atoms. The summed E-state index contributed by atoms with van der Waals surface area (Å²) in [5.74, 6) is 1.92. The number of nitrogens with zero attached hydrogens (tertiary/aromatic N) is 6. The maximum Gasteiger partial charge on any atom is 0.323 e.